The Morgan fingerprint density at radius 3 is 2.62 bits per heavy atom. The minimum absolute atomic E-state index is 0.0120. The molecule has 0 spiro atoms. The van der Waals surface area contributed by atoms with Gasteiger partial charge in [0.05, 0.1) is 16.3 Å². The Morgan fingerprint density at radius 2 is 1.88 bits per heavy atom. The molecule has 7 nitrogen and oxygen atoms in total. The number of rotatable bonds is 6. The summed E-state index contributed by atoms with van der Waals surface area (Å²) in [5.41, 5.74) is 1.56. The van der Waals surface area contributed by atoms with Crippen LogP contribution in [-0.2, 0) is 26.0 Å². The highest BCUT2D eigenvalue weighted by Gasteiger charge is 2.33. The van der Waals surface area contributed by atoms with E-state index in [0.717, 1.165) is 31.2 Å². The number of fused-ring (bicyclic) bond motifs is 1. The van der Waals surface area contributed by atoms with Crippen molar-refractivity contribution >= 4 is 39.2 Å². The summed E-state index contributed by atoms with van der Waals surface area (Å²) in [4.78, 5) is 24.8. The zero-order valence-electron chi connectivity index (χ0n) is 17.7. The summed E-state index contributed by atoms with van der Waals surface area (Å²) < 4.78 is 33.3. The lowest BCUT2D eigenvalue weighted by atomic mass is 10.2. The number of nitrogens with one attached hydrogen (secondary N) is 1. The molecule has 2 aliphatic rings. The Bertz CT molecular complexity index is 1140. The van der Waals surface area contributed by atoms with Crippen LogP contribution in [0.5, 0.6) is 0 Å². The van der Waals surface area contributed by atoms with Crippen LogP contribution in [0, 0.1) is 0 Å². The van der Waals surface area contributed by atoms with Gasteiger partial charge in [0.2, 0.25) is 0 Å². The summed E-state index contributed by atoms with van der Waals surface area (Å²) in [6.07, 6.45) is 3.59. The van der Waals surface area contributed by atoms with Crippen molar-refractivity contribution in [2.24, 2.45) is 0 Å². The molecule has 2 aromatic rings. The Kier molecular flexibility index (Phi) is 6.44. The van der Waals surface area contributed by atoms with E-state index in [0.29, 0.717) is 18.7 Å². The summed E-state index contributed by atoms with van der Waals surface area (Å²) in [6.45, 7) is 1.79. The zero-order chi connectivity index (χ0) is 22.9. The maximum Gasteiger partial charge on any atom is 0.338 e. The molecule has 0 radical (unpaired) electrons. The van der Waals surface area contributed by atoms with Gasteiger partial charge >= 0.3 is 5.97 Å². The van der Waals surface area contributed by atoms with Crippen molar-refractivity contribution in [2.45, 2.75) is 56.1 Å². The number of halogens is 1. The van der Waals surface area contributed by atoms with Crippen molar-refractivity contribution in [2.75, 3.05) is 10.8 Å². The van der Waals surface area contributed by atoms with Gasteiger partial charge in [0.1, 0.15) is 4.90 Å². The summed E-state index contributed by atoms with van der Waals surface area (Å²) in [5.74, 6) is -1.14. The second-order valence-corrected chi connectivity index (χ2v) is 10.4. The van der Waals surface area contributed by atoms with Crippen molar-refractivity contribution in [1.82, 2.24) is 5.32 Å². The lowest BCUT2D eigenvalue weighted by Crippen LogP contribution is -2.40. The number of carbonyl (C=O) groups is 2. The quantitative estimate of drug-likeness (QED) is 0.642. The number of ether oxygens (including phenoxy) is 1. The Hall–Kier alpha value is -2.58. The molecule has 1 heterocycles. The van der Waals surface area contributed by atoms with Gasteiger partial charge in [-0.1, -0.05) is 42.6 Å². The van der Waals surface area contributed by atoms with Crippen molar-refractivity contribution in [3.8, 4) is 0 Å². The molecule has 32 heavy (non-hydrogen) atoms. The van der Waals surface area contributed by atoms with Crippen molar-refractivity contribution < 1.29 is 22.7 Å². The topological polar surface area (TPSA) is 92.8 Å². The Balaban J connectivity index is 1.52. The highest BCUT2D eigenvalue weighted by Crippen LogP contribution is 2.35. The molecule has 0 bridgehead atoms. The second-order valence-electron chi connectivity index (χ2n) is 8.14. The van der Waals surface area contributed by atoms with Gasteiger partial charge < -0.3 is 10.1 Å². The van der Waals surface area contributed by atoms with Gasteiger partial charge in [0, 0.05) is 12.6 Å². The third-order valence-electron chi connectivity index (χ3n) is 5.93. The van der Waals surface area contributed by atoms with Crippen LogP contribution in [0.2, 0.25) is 5.02 Å². The summed E-state index contributed by atoms with van der Waals surface area (Å²) in [6, 6.07) is 11.3. The first-order chi connectivity index (χ1) is 15.3. The third-order valence-corrected chi connectivity index (χ3v) is 8.23. The van der Waals surface area contributed by atoms with E-state index in [1.165, 1.54) is 29.4 Å². The molecule has 0 aromatic heterocycles. The molecular formula is C23H25ClN2O5S. The molecule has 1 amide bonds. The van der Waals surface area contributed by atoms with Gasteiger partial charge in [-0.15, -0.1) is 0 Å². The van der Waals surface area contributed by atoms with E-state index in [4.69, 9.17) is 16.3 Å². The minimum atomic E-state index is -3.99. The molecular weight excluding hydrogens is 452 g/mol. The van der Waals surface area contributed by atoms with E-state index in [9.17, 15) is 18.0 Å². The highest BCUT2D eigenvalue weighted by atomic mass is 35.5. The molecule has 0 saturated heterocycles. The first-order valence-corrected chi connectivity index (χ1v) is 12.5. The monoisotopic (exact) mass is 476 g/mol. The van der Waals surface area contributed by atoms with E-state index >= 15 is 0 Å². The summed E-state index contributed by atoms with van der Waals surface area (Å²) in [5, 5.41) is 2.90. The molecule has 170 valence electrons. The molecule has 4 rings (SSSR count). The van der Waals surface area contributed by atoms with Gasteiger partial charge in [0.25, 0.3) is 15.9 Å². The third kappa shape index (κ3) is 4.47. The molecule has 0 unspecified atom stereocenters. The largest absolute Gasteiger partial charge is 0.449 e. The lowest BCUT2D eigenvalue weighted by molar-refractivity contribution is -0.129. The van der Waals surface area contributed by atoms with Gasteiger partial charge in [-0.2, -0.15) is 0 Å². The SMILES string of the molecule is C[C@@H](OC(=O)c1ccc(Cl)c(S(=O)(=O)N2CCc3ccccc32)c1)C(=O)NC1CCCC1. The fourth-order valence-electron chi connectivity index (χ4n) is 4.18. The zero-order valence-corrected chi connectivity index (χ0v) is 19.3. The molecule has 1 atom stereocenters. The van der Waals surface area contributed by atoms with Crippen LogP contribution in [0.4, 0.5) is 5.69 Å². The van der Waals surface area contributed by atoms with E-state index in [1.54, 1.807) is 12.1 Å². The number of benzene rings is 2. The number of hydrogen-bond donors (Lipinski definition) is 1. The van der Waals surface area contributed by atoms with Crippen LogP contribution >= 0.6 is 11.6 Å². The van der Waals surface area contributed by atoms with Crippen molar-refractivity contribution in [3.05, 3.63) is 58.6 Å². The number of esters is 1. The first kappa shape index (κ1) is 22.6. The molecule has 2 aromatic carbocycles. The molecule has 9 heteroatoms. The molecule has 1 saturated carbocycles. The standard InChI is InChI=1S/C23H25ClN2O5S/c1-15(22(27)25-18-7-3-4-8-18)31-23(28)17-10-11-19(24)21(14-17)32(29,30)26-13-12-16-6-2-5-9-20(16)26/h2,5-6,9-11,14-15,18H,3-4,7-8,12-13H2,1H3,(H,25,27)/t15-/m1/s1. The smallest absolute Gasteiger partial charge is 0.338 e. The normalized spacial score (nSPS) is 17.1. The van der Waals surface area contributed by atoms with Crippen LogP contribution in [-0.4, -0.2) is 39.0 Å². The second kappa shape index (κ2) is 9.11. The number of nitrogens with zero attached hydrogens (tertiary/aromatic N) is 1. The number of sulfonamides is 1. The summed E-state index contributed by atoms with van der Waals surface area (Å²) >= 11 is 6.22. The molecule has 1 fully saturated rings. The Labute approximate surface area is 192 Å². The minimum Gasteiger partial charge on any atom is -0.449 e. The number of carbonyl (C=O) groups excluding carboxylic acids is 2. The molecule has 1 N–H and O–H groups in total. The van der Waals surface area contributed by atoms with E-state index in [-0.39, 0.29) is 27.4 Å². The van der Waals surface area contributed by atoms with Crippen LogP contribution < -0.4 is 9.62 Å². The Morgan fingerprint density at radius 1 is 1.16 bits per heavy atom. The predicted octanol–water partition coefficient (Wildman–Crippen LogP) is 3.70. The van der Waals surface area contributed by atoms with Crippen molar-refractivity contribution in [3.63, 3.8) is 0 Å². The van der Waals surface area contributed by atoms with Crippen LogP contribution in [0.25, 0.3) is 0 Å². The fraction of sp³-hybridized carbons (Fsp3) is 0.391. The molecule has 1 aliphatic carbocycles. The van der Waals surface area contributed by atoms with Gasteiger partial charge in [-0.3, -0.25) is 9.10 Å². The highest BCUT2D eigenvalue weighted by molar-refractivity contribution is 7.93. The van der Waals surface area contributed by atoms with Gasteiger partial charge in [-0.25, -0.2) is 13.2 Å². The lowest BCUT2D eigenvalue weighted by Gasteiger charge is -2.21. The van der Waals surface area contributed by atoms with E-state index < -0.39 is 22.1 Å². The average Bonchev–Trinajstić information content (AvgIpc) is 3.43. The summed E-state index contributed by atoms with van der Waals surface area (Å²) in [7, 11) is -3.99. The van der Waals surface area contributed by atoms with Gasteiger partial charge in [-0.05, 0) is 56.0 Å². The average molecular weight is 477 g/mol. The van der Waals surface area contributed by atoms with E-state index in [2.05, 4.69) is 5.32 Å². The van der Waals surface area contributed by atoms with Crippen molar-refractivity contribution in [1.29, 1.82) is 0 Å². The van der Waals surface area contributed by atoms with E-state index in [1.807, 2.05) is 12.1 Å². The molecule has 1 aliphatic heterocycles. The number of anilines is 1. The van der Waals surface area contributed by atoms with Crippen LogP contribution in [0.3, 0.4) is 0 Å². The number of amides is 1. The predicted molar refractivity (Wildman–Crippen MR) is 121 cm³/mol. The number of hydrogen-bond acceptors (Lipinski definition) is 5. The number of para-hydroxylation sites is 1. The fourth-order valence-corrected chi connectivity index (χ4v) is 6.18. The van der Waals surface area contributed by atoms with Crippen LogP contribution in [0.15, 0.2) is 47.4 Å². The maximum atomic E-state index is 13.3. The maximum absolute atomic E-state index is 13.3. The first-order valence-electron chi connectivity index (χ1n) is 10.7. The van der Waals surface area contributed by atoms with Crippen LogP contribution in [0.1, 0.15) is 48.5 Å². The van der Waals surface area contributed by atoms with Gasteiger partial charge in [0.15, 0.2) is 6.10 Å².